The van der Waals surface area contributed by atoms with E-state index in [0.717, 1.165) is 33.4 Å². The van der Waals surface area contributed by atoms with Gasteiger partial charge in [0.25, 0.3) is 0 Å². The van der Waals surface area contributed by atoms with Crippen molar-refractivity contribution in [3.8, 4) is 17.2 Å². The van der Waals surface area contributed by atoms with Crippen molar-refractivity contribution >= 4 is 9.90 Å². The summed E-state index contributed by atoms with van der Waals surface area (Å²) in [5.41, 5.74) is 9.34. The van der Waals surface area contributed by atoms with E-state index < -0.39 is 0 Å². The fraction of sp³-hybridized carbons (Fsp3) is 0.333. The molecule has 3 aromatic rings. The minimum absolute atomic E-state index is 0. The Kier molecular flexibility index (Phi) is 11.4. The molecule has 0 aromatic heterocycles. The summed E-state index contributed by atoms with van der Waals surface area (Å²) in [6.07, 6.45) is 0. The van der Waals surface area contributed by atoms with Crippen molar-refractivity contribution in [1.29, 1.82) is 0 Å². The zero-order chi connectivity index (χ0) is 23.2. The first kappa shape index (κ1) is 28.5. The number of hydrogen-bond donors (Lipinski definition) is 3. The lowest BCUT2D eigenvalue weighted by Crippen LogP contribution is -1.81. The molecule has 1 unspecified atom stereocenters. The second-order valence-corrected chi connectivity index (χ2v) is 8.24. The summed E-state index contributed by atoms with van der Waals surface area (Å²) >= 11 is 0. The maximum absolute atomic E-state index is 9.33. The Labute approximate surface area is 191 Å². The van der Waals surface area contributed by atoms with Gasteiger partial charge in [0.15, 0.2) is 0 Å². The van der Waals surface area contributed by atoms with Crippen LogP contribution in [0, 0.1) is 62.3 Å². The van der Waals surface area contributed by atoms with Gasteiger partial charge in [-0.2, -0.15) is 9.90 Å². The normalized spacial score (nSPS) is 9.58. The molecule has 0 saturated carbocycles. The summed E-state index contributed by atoms with van der Waals surface area (Å²) in [6, 6.07) is 11.8. The van der Waals surface area contributed by atoms with Crippen LogP contribution < -0.4 is 0 Å². The van der Waals surface area contributed by atoms with Crippen LogP contribution in [0.15, 0.2) is 36.4 Å². The Bertz CT molecular complexity index is 822. The average Bonchev–Trinajstić information content (AvgIpc) is 2.63. The summed E-state index contributed by atoms with van der Waals surface area (Å²) in [5.74, 6) is 1.27. The number of phenols is 3. The topological polar surface area (TPSA) is 60.7 Å². The van der Waals surface area contributed by atoms with Crippen LogP contribution in [0.4, 0.5) is 0 Å². The molecule has 3 aromatic carbocycles. The standard InChI is InChI=1S/3C9H12O.H3P/c3*1-6-4-7(2)9(10)8(3)5-6;/h3*4-5,10H,1-3H3;1H3. The van der Waals surface area contributed by atoms with Crippen LogP contribution >= 0.6 is 9.90 Å². The van der Waals surface area contributed by atoms with Gasteiger partial charge in [0.2, 0.25) is 0 Å². The van der Waals surface area contributed by atoms with E-state index in [-0.39, 0.29) is 9.90 Å². The summed E-state index contributed by atoms with van der Waals surface area (Å²) in [5, 5.41) is 28.0. The van der Waals surface area contributed by atoms with Crippen molar-refractivity contribution in [2.45, 2.75) is 62.3 Å². The van der Waals surface area contributed by atoms with E-state index in [1.807, 2.05) is 98.7 Å². The lowest BCUT2D eigenvalue weighted by Gasteiger charge is -2.03. The van der Waals surface area contributed by atoms with Gasteiger partial charge in [0.05, 0.1) is 0 Å². The van der Waals surface area contributed by atoms with Crippen molar-refractivity contribution in [3.05, 3.63) is 86.5 Å². The van der Waals surface area contributed by atoms with Crippen LogP contribution in [0.25, 0.3) is 0 Å². The fourth-order valence-electron chi connectivity index (χ4n) is 3.52. The number of rotatable bonds is 0. The maximum atomic E-state index is 9.33. The molecular formula is C27H39O3P. The molecule has 0 saturated heterocycles. The van der Waals surface area contributed by atoms with E-state index >= 15 is 0 Å². The molecule has 1 atom stereocenters. The molecule has 3 N–H and O–H groups in total. The Morgan fingerprint density at radius 3 is 0.613 bits per heavy atom. The highest BCUT2D eigenvalue weighted by molar-refractivity contribution is 6.92. The lowest BCUT2D eigenvalue weighted by atomic mass is 10.1. The van der Waals surface area contributed by atoms with Gasteiger partial charge >= 0.3 is 0 Å². The van der Waals surface area contributed by atoms with E-state index in [4.69, 9.17) is 0 Å². The first-order chi connectivity index (χ1) is 13.8. The molecule has 0 fully saturated rings. The Hall–Kier alpha value is -2.51. The molecule has 0 radical (unpaired) electrons. The number of benzene rings is 3. The van der Waals surface area contributed by atoms with Crippen molar-refractivity contribution in [2.24, 2.45) is 0 Å². The predicted octanol–water partition coefficient (Wildman–Crippen LogP) is 7.01. The minimum Gasteiger partial charge on any atom is -0.507 e. The quantitative estimate of drug-likeness (QED) is 0.328. The maximum Gasteiger partial charge on any atom is 0.121 e. The van der Waals surface area contributed by atoms with E-state index in [2.05, 4.69) is 0 Å². The lowest BCUT2D eigenvalue weighted by molar-refractivity contribution is 0.466. The van der Waals surface area contributed by atoms with E-state index in [1.165, 1.54) is 16.7 Å². The first-order valence-corrected chi connectivity index (χ1v) is 10.1. The van der Waals surface area contributed by atoms with Gasteiger partial charge in [-0.15, -0.1) is 0 Å². The van der Waals surface area contributed by atoms with Gasteiger partial charge in [-0.1, -0.05) is 53.1 Å². The second kappa shape index (κ2) is 12.4. The van der Waals surface area contributed by atoms with Crippen molar-refractivity contribution in [3.63, 3.8) is 0 Å². The van der Waals surface area contributed by atoms with Crippen LogP contribution in [0.3, 0.4) is 0 Å². The Morgan fingerprint density at radius 2 is 0.484 bits per heavy atom. The largest absolute Gasteiger partial charge is 0.507 e. The molecule has 0 aliphatic carbocycles. The molecule has 0 aliphatic heterocycles. The Balaban J connectivity index is 0.000000429. The molecule has 0 aliphatic rings. The van der Waals surface area contributed by atoms with Crippen LogP contribution in [0.2, 0.25) is 0 Å². The van der Waals surface area contributed by atoms with E-state index in [0.29, 0.717) is 17.2 Å². The van der Waals surface area contributed by atoms with Gasteiger partial charge in [0.1, 0.15) is 17.2 Å². The molecule has 4 heteroatoms. The zero-order valence-corrected chi connectivity index (χ0v) is 21.9. The molecular weight excluding hydrogens is 403 g/mol. The first-order valence-electron chi connectivity index (χ1n) is 10.1. The highest BCUT2D eigenvalue weighted by atomic mass is 31.0. The Morgan fingerprint density at radius 1 is 0.355 bits per heavy atom. The van der Waals surface area contributed by atoms with Gasteiger partial charge in [0, 0.05) is 0 Å². The molecule has 170 valence electrons. The SMILES string of the molecule is Cc1cc(C)c(O)c(C)c1.Cc1cc(C)c(O)c(C)c1.Cc1cc(C)c(O)c(C)c1.P. The van der Waals surface area contributed by atoms with Crippen molar-refractivity contribution in [2.75, 3.05) is 0 Å². The van der Waals surface area contributed by atoms with Crippen LogP contribution in [0.5, 0.6) is 17.2 Å². The fourth-order valence-corrected chi connectivity index (χ4v) is 3.52. The van der Waals surface area contributed by atoms with Crippen LogP contribution in [-0.4, -0.2) is 15.3 Å². The number of hydrogen-bond acceptors (Lipinski definition) is 3. The van der Waals surface area contributed by atoms with Crippen LogP contribution in [-0.2, 0) is 0 Å². The number of aromatic hydroxyl groups is 3. The van der Waals surface area contributed by atoms with Crippen molar-refractivity contribution in [1.82, 2.24) is 0 Å². The number of phenolic OH excluding ortho intramolecular Hbond substituents is 3. The third-order valence-corrected chi connectivity index (χ3v) is 4.91. The highest BCUT2D eigenvalue weighted by Gasteiger charge is 2.00. The van der Waals surface area contributed by atoms with Crippen molar-refractivity contribution < 1.29 is 15.3 Å². The smallest absolute Gasteiger partial charge is 0.121 e. The third-order valence-electron chi connectivity index (χ3n) is 4.91. The monoisotopic (exact) mass is 442 g/mol. The molecule has 0 heterocycles. The highest BCUT2D eigenvalue weighted by Crippen LogP contribution is 2.23. The molecule has 3 rings (SSSR count). The van der Waals surface area contributed by atoms with Crippen LogP contribution in [0.1, 0.15) is 50.1 Å². The molecule has 31 heavy (non-hydrogen) atoms. The predicted molar refractivity (Wildman–Crippen MR) is 138 cm³/mol. The van der Waals surface area contributed by atoms with Gasteiger partial charge in [-0.05, 0) is 95.7 Å². The average molecular weight is 443 g/mol. The summed E-state index contributed by atoms with van der Waals surface area (Å²) in [7, 11) is 0. The third kappa shape index (κ3) is 8.63. The summed E-state index contributed by atoms with van der Waals surface area (Å²) in [6.45, 7) is 17.6. The van der Waals surface area contributed by atoms with Gasteiger partial charge in [-0.25, -0.2) is 0 Å². The second-order valence-electron chi connectivity index (χ2n) is 8.24. The van der Waals surface area contributed by atoms with Gasteiger partial charge < -0.3 is 15.3 Å². The zero-order valence-electron chi connectivity index (χ0n) is 20.5. The molecule has 0 amide bonds. The summed E-state index contributed by atoms with van der Waals surface area (Å²) in [4.78, 5) is 0. The molecule has 3 nitrogen and oxygen atoms in total. The van der Waals surface area contributed by atoms with Gasteiger partial charge in [-0.3, -0.25) is 0 Å². The van der Waals surface area contributed by atoms with E-state index in [1.54, 1.807) is 0 Å². The summed E-state index contributed by atoms with van der Waals surface area (Å²) < 4.78 is 0. The minimum atomic E-state index is 0. The number of aryl methyl sites for hydroxylation is 9. The van der Waals surface area contributed by atoms with E-state index in [9.17, 15) is 15.3 Å². The molecule has 0 bridgehead atoms. The molecule has 0 spiro atoms.